The third kappa shape index (κ3) is 6.23. The molecule has 8 nitrogen and oxygen atoms in total. The van der Waals surface area contributed by atoms with E-state index >= 15 is 0 Å². The smallest absolute Gasteiger partial charge is 0.266 e. The van der Waals surface area contributed by atoms with Gasteiger partial charge in [-0.05, 0) is 66.8 Å². The molecule has 1 atom stereocenters. The quantitative estimate of drug-likeness (QED) is 0.163. The molecule has 6 rings (SSSR count). The summed E-state index contributed by atoms with van der Waals surface area (Å²) in [5, 5.41) is 4.87. The van der Waals surface area contributed by atoms with Crippen molar-refractivity contribution >= 4 is 50.3 Å². The zero-order valence-corrected chi connectivity index (χ0v) is 26.9. The SMILES string of the molecule is COc1ccc(CN2C(=O)C(=Cc3cn(-c4ccccc4)nc3-c3cccc(S(=O)(=O)N4CCCC(C)C4)c3)SC2=S)cc1. The maximum absolute atomic E-state index is 13.6. The lowest BCUT2D eigenvalue weighted by molar-refractivity contribution is -0.122. The fourth-order valence-corrected chi connectivity index (χ4v) is 8.33. The van der Waals surface area contributed by atoms with Gasteiger partial charge in [0, 0.05) is 30.4 Å². The summed E-state index contributed by atoms with van der Waals surface area (Å²) >= 11 is 6.85. The summed E-state index contributed by atoms with van der Waals surface area (Å²) in [5.74, 6) is 0.868. The third-order valence-electron chi connectivity index (χ3n) is 7.79. The Morgan fingerprint density at radius 3 is 2.57 bits per heavy atom. The molecule has 0 bridgehead atoms. The molecule has 3 heterocycles. The summed E-state index contributed by atoms with van der Waals surface area (Å²) in [6.07, 6.45) is 5.53. The Kier molecular flexibility index (Phi) is 8.73. The molecule has 1 amide bonds. The zero-order chi connectivity index (χ0) is 30.8. The zero-order valence-electron chi connectivity index (χ0n) is 24.4. The van der Waals surface area contributed by atoms with Crippen molar-refractivity contribution in [3.05, 3.63) is 101 Å². The molecule has 3 aromatic carbocycles. The maximum atomic E-state index is 13.6. The van der Waals surface area contributed by atoms with Crippen LogP contribution in [-0.2, 0) is 21.4 Å². The van der Waals surface area contributed by atoms with Crippen molar-refractivity contribution in [1.82, 2.24) is 19.0 Å². The predicted molar refractivity (Wildman–Crippen MR) is 178 cm³/mol. The summed E-state index contributed by atoms with van der Waals surface area (Å²) in [4.78, 5) is 15.9. The molecule has 226 valence electrons. The van der Waals surface area contributed by atoms with Crippen LogP contribution in [0.4, 0.5) is 0 Å². The van der Waals surface area contributed by atoms with E-state index in [1.807, 2.05) is 66.9 Å². The third-order valence-corrected chi connectivity index (χ3v) is 11.0. The van der Waals surface area contributed by atoms with E-state index in [1.165, 1.54) is 11.8 Å². The van der Waals surface area contributed by atoms with Gasteiger partial charge in [-0.2, -0.15) is 9.40 Å². The number of thioether (sulfide) groups is 1. The Bertz CT molecular complexity index is 1840. The van der Waals surface area contributed by atoms with Crippen LogP contribution in [0.2, 0.25) is 0 Å². The molecule has 2 aliphatic rings. The molecule has 4 aromatic rings. The first kappa shape index (κ1) is 30.3. The minimum Gasteiger partial charge on any atom is -0.497 e. The molecule has 0 radical (unpaired) electrons. The van der Waals surface area contributed by atoms with E-state index in [9.17, 15) is 13.2 Å². The fourth-order valence-electron chi connectivity index (χ4n) is 5.44. The summed E-state index contributed by atoms with van der Waals surface area (Å²) in [5.41, 5.74) is 3.66. The highest BCUT2D eigenvalue weighted by molar-refractivity contribution is 8.26. The first-order valence-electron chi connectivity index (χ1n) is 14.4. The van der Waals surface area contributed by atoms with Crippen LogP contribution in [-0.4, -0.2) is 57.8 Å². The Hall–Kier alpha value is -3.77. The lowest BCUT2D eigenvalue weighted by Gasteiger charge is -2.30. The number of nitrogens with zero attached hydrogens (tertiary/aromatic N) is 4. The Labute approximate surface area is 267 Å². The molecule has 1 unspecified atom stereocenters. The topological polar surface area (TPSA) is 84.7 Å². The number of rotatable bonds is 8. The van der Waals surface area contributed by atoms with Crippen LogP contribution in [0.15, 0.2) is 94.9 Å². The summed E-state index contributed by atoms with van der Waals surface area (Å²) in [6, 6.07) is 24.1. The fraction of sp³-hybridized carbons (Fsp3) is 0.242. The molecule has 2 fully saturated rings. The predicted octanol–water partition coefficient (Wildman–Crippen LogP) is 6.37. The van der Waals surface area contributed by atoms with Gasteiger partial charge in [-0.15, -0.1) is 0 Å². The Morgan fingerprint density at radius 2 is 1.84 bits per heavy atom. The Morgan fingerprint density at radius 1 is 1.07 bits per heavy atom. The van der Waals surface area contributed by atoms with Crippen LogP contribution in [0, 0.1) is 5.92 Å². The molecular formula is C33H32N4O4S3. The van der Waals surface area contributed by atoms with E-state index in [4.69, 9.17) is 22.1 Å². The van der Waals surface area contributed by atoms with Gasteiger partial charge in [-0.3, -0.25) is 9.69 Å². The van der Waals surface area contributed by atoms with Gasteiger partial charge in [0.05, 0.1) is 29.1 Å². The van der Waals surface area contributed by atoms with Crippen LogP contribution >= 0.6 is 24.0 Å². The first-order chi connectivity index (χ1) is 21.2. The number of aromatic nitrogens is 2. The van der Waals surface area contributed by atoms with E-state index in [0.717, 1.165) is 29.8 Å². The molecule has 0 spiro atoms. The number of hydrogen-bond acceptors (Lipinski definition) is 7. The molecule has 2 saturated heterocycles. The highest BCUT2D eigenvalue weighted by Gasteiger charge is 2.33. The van der Waals surface area contributed by atoms with Gasteiger partial charge in [0.2, 0.25) is 10.0 Å². The van der Waals surface area contributed by atoms with Gasteiger partial charge in [0.1, 0.15) is 15.8 Å². The van der Waals surface area contributed by atoms with Crippen molar-refractivity contribution in [2.75, 3.05) is 20.2 Å². The van der Waals surface area contributed by atoms with Gasteiger partial charge in [0.25, 0.3) is 5.91 Å². The van der Waals surface area contributed by atoms with E-state index in [0.29, 0.717) is 51.6 Å². The lowest BCUT2D eigenvalue weighted by Crippen LogP contribution is -2.39. The number of piperidine rings is 1. The summed E-state index contributed by atoms with van der Waals surface area (Å²) in [6.45, 7) is 3.46. The molecule has 0 saturated carbocycles. The molecule has 0 aliphatic carbocycles. The standard InChI is InChI=1S/C33H32N4O4S3/c1-23-8-7-17-35(20-23)44(39,40)29-12-6-9-25(18-29)31-26(22-37(34-31)27-10-4-3-5-11-27)19-30-32(38)36(33(42)43-30)21-24-13-15-28(41-2)16-14-24/h3-6,9-16,18-19,22-23H,7-8,17,20-21H2,1-2H3. The minimum atomic E-state index is -3.67. The number of sulfonamides is 1. The minimum absolute atomic E-state index is 0.190. The molecule has 0 N–H and O–H groups in total. The second kappa shape index (κ2) is 12.7. The lowest BCUT2D eigenvalue weighted by atomic mass is 10.0. The number of para-hydroxylation sites is 1. The van der Waals surface area contributed by atoms with Crippen LogP contribution in [0.1, 0.15) is 30.9 Å². The van der Waals surface area contributed by atoms with Gasteiger partial charge in [-0.25, -0.2) is 13.1 Å². The van der Waals surface area contributed by atoms with E-state index in [1.54, 1.807) is 45.3 Å². The first-order valence-corrected chi connectivity index (χ1v) is 17.0. The van der Waals surface area contributed by atoms with Gasteiger partial charge in [0.15, 0.2) is 0 Å². The van der Waals surface area contributed by atoms with Gasteiger partial charge >= 0.3 is 0 Å². The van der Waals surface area contributed by atoms with Crippen LogP contribution < -0.4 is 4.74 Å². The number of amides is 1. The maximum Gasteiger partial charge on any atom is 0.266 e. The van der Waals surface area contributed by atoms with Crippen LogP contribution in [0.5, 0.6) is 5.75 Å². The number of benzene rings is 3. The largest absolute Gasteiger partial charge is 0.497 e. The molecule has 44 heavy (non-hydrogen) atoms. The molecular weight excluding hydrogens is 613 g/mol. The molecule has 11 heteroatoms. The molecule has 2 aliphatic heterocycles. The number of hydrogen-bond donors (Lipinski definition) is 0. The van der Waals surface area contributed by atoms with Crippen molar-refractivity contribution < 1.29 is 17.9 Å². The second-order valence-corrected chi connectivity index (χ2v) is 14.6. The van der Waals surface area contributed by atoms with E-state index in [-0.39, 0.29) is 10.8 Å². The number of carbonyl (C=O) groups is 1. The number of carbonyl (C=O) groups excluding carboxylic acids is 1. The van der Waals surface area contributed by atoms with E-state index in [2.05, 4.69) is 6.92 Å². The van der Waals surface area contributed by atoms with Crippen molar-refractivity contribution in [1.29, 1.82) is 0 Å². The highest BCUT2D eigenvalue weighted by Crippen LogP contribution is 2.36. The Balaban J connectivity index is 1.36. The van der Waals surface area contributed by atoms with Gasteiger partial charge in [-0.1, -0.05) is 73.4 Å². The highest BCUT2D eigenvalue weighted by atomic mass is 32.2. The van der Waals surface area contributed by atoms with Crippen LogP contribution in [0.25, 0.3) is 23.0 Å². The number of methoxy groups -OCH3 is 1. The van der Waals surface area contributed by atoms with Crippen molar-refractivity contribution in [2.24, 2.45) is 5.92 Å². The van der Waals surface area contributed by atoms with Crippen molar-refractivity contribution in [3.63, 3.8) is 0 Å². The average molecular weight is 645 g/mol. The summed E-state index contributed by atoms with van der Waals surface area (Å²) < 4.78 is 36.3. The van der Waals surface area contributed by atoms with Gasteiger partial charge < -0.3 is 4.74 Å². The summed E-state index contributed by atoms with van der Waals surface area (Å²) in [7, 11) is -2.06. The van der Waals surface area contributed by atoms with Crippen molar-refractivity contribution in [2.45, 2.75) is 31.2 Å². The van der Waals surface area contributed by atoms with Crippen molar-refractivity contribution in [3.8, 4) is 22.7 Å². The number of thiocarbonyl (C=S) groups is 1. The molecule has 1 aromatic heterocycles. The van der Waals surface area contributed by atoms with Crippen LogP contribution in [0.3, 0.4) is 0 Å². The van der Waals surface area contributed by atoms with E-state index < -0.39 is 10.0 Å². The average Bonchev–Trinajstić information content (AvgIpc) is 3.58. The second-order valence-electron chi connectivity index (χ2n) is 11.0. The normalized spacial score (nSPS) is 18.7. The monoisotopic (exact) mass is 644 g/mol. The number of ether oxygens (including phenoxy) is 1.